The number of thiazole rings is 1. The summed E-state index contributed by atoms with van der Waals surface area (Å²) < 4.78 is 13.2. The fourth-order valence-electron chi connectivity index (χ4n) is 5.14. The van der Waals surface area contributed by atoms with Crippen molar-refractivity contribution in [2.45, 2.75) is 51.4 Å². The number of anilines is 2. The van der Waals surface area contributed by atoms with Crippen LogP contribution in [0.15, 0.2) is 48.0 Å². The second-order valence-electron chi connectivity index (χ2n) is 9.59. The van der Waals surface area contributed by atoms with Crippen molar-refractivity contribution in [2.24, 2.45) is 0 Å². The number of hydrogen-bond donors (Lipinski definition) is 2. The summed E-state index contributed by atoms with van der Waals surface area (Å²) >= 11 is 1.71. The molecule has 2 aromatic heterocycles. The summed E-state index contributed by atoms with van der Waals surface area (Å²) in [7, 11) is 0. The molecule has 2 fully saturated rings. The van der Waals surface area contributed by atoms with E-state index in [0.29, 0.717) is 18.1 Å². The largest absolute Gasteiger partial charge is 0.382 e. The number of piperidine rings is 1. The standard InChI is InChI=1S/C26H33FN6S.2ClH/c1-18-14-32(15-19(2)29-18)16-23-17-34-26(31-23)24-4-3-11-28-25(24)33-12-9-22(10-13-33)30-21-7-5-20(27)6-8-21;;/h3-8,11,17-19,22,29-30H,9-10,12-16H2,1-2H3;2*1H/t18-,19+;;. The lowest BCUT2D eigenvalue weighted by atomic mass is 10.0. The molecule has 10 heteroatoms. The maximum absolute atomic E-state index is 13.2. The average molecular weight is 554 g/mol. The maximum atomic E-state index is 13.2. The summed E-state index contributed by atoms with van der Waals surface area (Å²) in [5, 5.41) is 10.4. The van der Waals surface area contributed by atoms with Crippen LogP contribution < -0.4 is 15.5 Å². The van der Waals surface area contributed by atoms with Crippen LogP contribution in [0, 0.1) is 5.82 Å². The average Bonchev–Trinajstić information content (AvgIpc) is 3.29. The molecule has 2 aliphatic rings. The number of aromatic nitrogens is 2. The number of rotatable bonds is 6. The fourth-order valence-corrected chi connectivity index (χ4v) is 5.97. The van der Waals surface area contributed by atoms with Crippen molar-refractivity contribution in [3.05, 3.63) is 59.5 Å². The lowest BCUT2D eigenvalue weighted by molar-refractivity contribution is 0.165. The molecule has 4 heterocycles. The first-order valence-corrected chi connectivity index (χ1v) is 13.1. The highest BCUT2D eigenvalue weighted by Crippen LogP contribution is 2.33. The molecular formula is C26H35Cl2FN6S. The molecule has 2 atom stereocenters. The number of hydrogen-bond acceptors (Lipinski definition) is 7. The third-order valence-corrected chi connectivity index (χ3v) is 7.52. The van der Waals surface area contributed by atoms with Gasteiger partial charge in [0.25, 0.3) is 0 Å². The lowest BCUT2D eigenvalue weighted by Gasteiger charge is -2.35. The van der Waals surface area contributed by atoms with Crippen molar-refractivity contribution < 1.29 is 4.39 Å². The van der Waals surface area contributed by atoms with Gasteiger partial charge in [0.15, 0.2) is 0 Å². The van der Waals surface area contributed by atoms with Crippen molar-refractivity contribution in [3.63, 3.8) is 0 Å². The molecule has 1 aromatic carbocycles. The molecule has 0 aliphatic carbocycles. The molecule has 196 valence electrons. The van der Waals surface area contributed by atoms with E-state index in [-0.39, 0.29) is 30.6 Å². The van der Waals surface area contributed by atoms with E-state index in [4.69, 9.17) is 9.97 Å². The number of benzene rings is 1. The first-order chi connectivity index (χ1) is 16.5. The van der Waals surface area contributed by atoms with Crippen LogP contribution in [0.5, 0.6) is 0 Å². The second kappa shape index (κ2) is 13.0. The Kier molecular flexibility index (Phi) is 10.3. The van der Waals surface area contributed by atoms with E-state index < -0.39 is 0 Å². The van der Waals surface area contributed by atoms with Crippen LogP contribution in [0.3, 0.4) is 0 Å². The molecule has 2 aliphatic heterocycles. The minimum Gasteiger partial charge on any atom is -0.382 e. The highest BCUT2D eigenvalue weighted by atomic mass is 35.5. The second-order valence-corrected chi connectivity index (χ2v) is 10.5. The van der Waals surface area contributed by atoms with E-state index in [1.165, 1.54) is 12.1 Å². The summed E-state index contributed by atoms with van der Waals surface area (Å²) in [6.07, 6.45) is 3.89. The highest BCUT2D eigenvalue weighted by molar-refractivity contribution is 7.13. The Labute approximate surface area is 229 Å². The van der Waals surface area contributed by atoms with Gasteiger partial charge in [0.2, 0.25) is 0 Å². The zero-order valence-electron chi connectivity index (χ0n) is 20.7. The molecule has 3 aromatic rings. The quantitative estimate of drug-likeness (QED) is 0.424. The van der Waals surface area contributed by atoms with E-state index in [2.05, 4.69) is 45.7 Å². The lowest BCUT2D eigenvalue weighted by Crippen LogP contribution is -2.53. The first kappa shape index (κ1) is 28.6. The number of piperazine rings is 1. The van der Waals surface area contributed by atoms with E-state index in [9.17, 15) is 4.39 Å². The van der Waals surface area contributed by atoms with Crippen molar-refractivity contribution >= 4 is 47.7 Å². The van der Waals surface area contributed by atoms with E-state index in [1.807, 2.05) is 12.3 Å². The van der Waals surface area contributed by atoms with Crippen molar-refractivity contribution in [1.82, 2.24) is 20.2 Å². The van der Waals surface area contributed by atoms with Crippen LogP contribution in [0.1, 0.15) is 32.4 Å². The molecule has 0 radical (unpaired) electrons. The number of halogens is 3. The first-order valence-electron chi connectivity index (χ1n) is 12.2. The van der Waals surface area contributed by atoms with Crippen molar-refractivity contribution in [3.8, 4) is 10.6 Å². The predicted octanol–water partition coefficient (Wildman–Crippen LogP) is 5.45. The van der Waals surface area contributed by atoms with Crippen LogP contribution in [0.25, 0.3) is 10.6 Å². The molecule has 0 amide bonds. The Morgan fingerprint density at radius 2 is 1.75 bits per heavy atom. The van der Waals surface area contributed by atoms with E-state index >= 15 is 0 Å². The Morgan fingerprint density at radius 1 is 1.06 bits per heavy atom. The SMILES string of the molecule is C[C@@H]1CN(Cc2csc(-c3cccnc3N3CCC(Nc4ccc(F)cc4)CC3)n2)C[C@H](C)N1.Cl.Cl. The number of pyridine rings is 1. The minimum atomic E-state index is -0.203. The molecule has 0 spiro atoms. The Morgan fingerprint density at radius 3 is 2.44 bits per heavy atom. The third kappa shape index (κ3) is 7.07. The number of nitrogens with one attached hydrogen (secondary N) is 2. The molecule has 2 saturated heterocycles. The number of nitrogens with zero attached hydrogens (tertiary/aromatic N) is 4. The van der Waals surface area contributed by atoms with Crippen LogP contribution in [0.2, 0.25) is 0 Å². The van der Waals surface area contributed by atoms with Gasteiger partial charge in [0.05, 0.1) is 11.3 Å². The van der Waals surface area contributed by atoms with Gasteiger partial charge < -0.3 is 15.5 Å². The predicted molar refractivity (Wildman–Crippen MR) is 152 cm³/mol. The van der Waals surface area contributed by atoms with Gasteiger partial charge >= 0.3 is 0 Å². The van der Waals surface area contributed by atoms with Gasteiger partial charge in [-0.05, 0) is 63.1 Å². The van der Waals surface area contributed by atoms with Crippen LogP contribution in [-0.4, -0.2) is 59.2 Å². The summed E-state index contributed by atoms with van der Waals surface area (Å²) in [5.74, 6) is 0.818. The summed E-state index contributed by atoms with van der Waals surface area (Å²) in [4.78, 5) is 14.6. The van der Waals surface area contributed by atoms with Crippen LogP contribution in [0.4, 0.5) is 15.9 Å². The molecule has 0 saturated carbocycles. The van der Waals surface area contributed by atoms with Gasteiger partial charge in [-0.1, -0.05) is 0 Å². The third-order valence-electron chi connectivity index (χ3n) is 6.60. The molecule has 36 heavy (non-hydrogen) atoms. The van der Waals surface area contributed by atoms with Gasteiger partial charge in [-0.2, -0.15) is 0 Å². The van der Waals surface area contributed by atoms with Crippen molar-refractivity contribution in [2.75, 3.05) is 36.4 Å². The van der Waals surface area contributed by atoms with E-state index in [0.717, 1.165) is 73.3 Å². The Balaban J connectivity index is 0.00000180. The zero-order chi connectivity index (χ0) is 23.5. The van der Waals surface area contributed by atoms with Gasteiger partial charge in [-0.3, -0.25) is 4.90 Å². The van der Waals surface area contributed by atoms with Gasteiger partial charge in [0.1, 0.15) is 16.6 Å². The summed E-state index contributed by atoms with van der Waals surface area (Å²) in [5.41, 5.74) is 3.23. The molecule has 5 rings (SSSR count). The molecule has 0 unspecified atom stereocenters. The van der Waals surface area contributed by atoms with Gasteiger partial charge in [0, 0.05) is 68.1 Å². The Bertz CT molecular complexity index is 1080. The van der Waals surface area contributed by atoms with Crippen LogP contribution in [-0.2, 0) is 6.54 Å². The highest BCUT2D eigenvalue weighted by Gasteiger charge is 2.24. The summed E-state index contributed by atoms with van der Waals surface area (Å²) in [6, 6.07) is 12.2. The van der Waals surface area contributed by atoms with Gasteiger partial charge in [-0.25, -0.2) is 14.4 Å². The Hall–Kier alpha value is -1.97. The van der Waals surface area contributed by atoms with Crippen molar-refractivity contribution in [1.29, 1.82) is 0 Å². The fraction of sp³-hybridized carbons (Fsp3) is 0.462. The van der Waals surface area contributed by atoms with Crippen LogP contribution >= 0.6 is 36.2 Å². The maximum Gasteiger partial charge on any atom is 0.138 e. The minimum absolute atomic E-state index is 0. The normalized spacial score (nSPS) is 20.9. The molecule has 0 bridgehead atoms. The zero-order valence-corrected chi connectivity index (χ0v) is 23.1. The van der Waals surface area contributed by atoms with Gasteiger partial charge in [-0.15, -0.1) is 36.2 Å². The molecule has 6 nitrogen and oxygen atoms in total. The topological polar surface area (TPSA) is 56.3 Å². The monoisotopic (exact) mass is 552 g/mol. The smallest absolute Gasteiger partial charge is 0.138 e. The summed E-state index contributed by atoms with van der Waals surface area (Å²) in [6.45, 7) is 9.34. The molecule has 2 N–H and O–H groups in total. The molecular weight excluding hydrogens is 518 g/mol. The van der Waals surface area contributed by atoms with E-state index in [1.54, 1.807) is 23.5 Å².